The molecule has 0 radical (unpaired) electrons. The topological polar surface area (TPSA) is 112 Å². The Kier molecular flexibility index (Phi) is 5.75. The van der Waals surface area contributed by atoms with Crippen LogP contribution in [0.2, 0.25) is 0 Å². The summed E-state index contributed by atoms with van der Waals surface area (Å²) in [6.45, 7) is 0.910. The van der Waals surface area contributed by atoms with E-state index in [1.165, 1.54) is 6.20 Å². The summed E-state index contributed by atoms with van der Waals surface area (Å²) in [6.07, 6.45) is 4.88. The number of nitrogens with one attached hydrogen (secondary N) is 1. The fourth-order valence-corrected chi connectivity index (χ4v) is 3.08. The maximum absolute atomic E-state index is 12.8. The molecule has 0 spiro atoms. The Morgan fingerprint density at radius 1 is 1.07 bits per heavy atom. The van der Waals surface area contributed by atoms with Gasteiger partial charge in [-0.25, -0.2) is 14.8 Å². The minimum atomic E-state index is -1.19. The van der Waals surface area contributed by atoms with Gasteiger partial charge in [0.1, 0.15) is 5.69 Å². The van der Waals surface area contributed by atoms with Crippen molar-refractivity contribution >= 4 is 17.8 Å². The second-order valence-corrected chi connectivity index (χ2v) is 6.32. The molecule has 1 unspecified atom stereocenters. The first-order chi connectivity index (χ1) is 13.1. The van der Waals surface area contributed by atoms with E-state index in [1.807, 2.05) is 6.07 Å². The average Bonchev–Trinajstić information content (AvgIpc) is 2.72. The lowest BCUT2D eigenvalue weighted by atomic mass is 10.0. The number of amides is 2. The van der Waals surface area contributed by atoms with E-state index in [-0.39, 0.29) is 29.2 Å². The number of rotatable bonds is 5. The fraction of sp³-hybridized carbons (Fsp3) is 0.316. The number of carbonyl (C=O) groups is 3. The van der Waals surface area contributed by atoms with Crippen molar-refractivity contribution in [1.82, 2.24) is 20.2 Å². The van der Waals surface area contributed by atoms with Crippen LogP contribution in [0.4, 0.5) is 0 Å². The summed E-state index contributed by atoms with van der Waals surface area (Å²) in [5, 5.41) is 11.8. The van der Waals surface area contributed by atoms with E-state index in [0.29, 0.717) is 18.7 Å². The molecule has 8 nitrogen and oxygen atoms in total. The number of aromatic carboxylic acids is 1. The largest absolute Gasteiger partial charge is 0.476 e. The molecule has 2 heterocycles. The highest BCUT2D eigenvalue weighted by molar-refractivity contribution is 5.94. The number of aromatic nitrogens is 2. The number of benzene rings is 1. The van der Waals surface area contributed by atoms with Crippen LogP contribution in [0.15, 0.2) is 42.7 Å². The number of hydrogen-bond donors (Lipinski definition) is 2. The first kappa shape index (κ1) is 18.5. The summed E-state index contributed by atoms with van der Waals surface area (Å²) < 4.78 is 0. The maximum atomic E-state index is 12.8. The monoisotopic (exact) mass is 368 g/mol. The van der Waals surface area contributed by atoms with E-state index in [1.54, 1.807) is 29.2 Å². The lowest BCUT2D eigenvalue weighted by molar-refractivity contribution is 0.0594. The minimum Gasteiger partial charge on any atom is -0.476 e. The fourth-order valence-electron chi connectivity index (χ4n) is 3.08. The molecule has 140 valence electrons. The van der Waals surface area contributed by atoms with Crippen molar-refractivity contribution in [3.63, 3.8) is 0 Å². The first-order valence-corrected chi connectivity index (χ1v) is 8.76. The van der Waals surface area contributed by atoms with Gasteiger partial charge in [-0.15, -0.1) is 0 Å². The van der Waals surface area contributed by atoms with Crippen molar-refractivity contribution in [2.75, 3.05) is 13.1 Å². The molecular weight excluding hydrogens is 348 g/mol. The van der Waals surface area contributed by atoms with Gasteiger partial charge in [0, 0.05) is 24.7 Å². The van der Waals surface area contributed by atoms with Crippen molar-refractivity contribution in [3.8, 4) is 0 Å². The summed E-state index contributed by atoms with van der Waals surface area (Å²) in [7, 11) is 0. The quantitative estimate of drug-likeness (QED) is 0.829. The van der Waals surface area contributed by atoms with Crippen LogP contribution < -0.4 is 5.32 Å². The standard InChI is InChI=1S/C19H20N4O4/c24-17(13-6-2-1-3-7-13)22-10-14-8-4-5-9-23(14)18(25)15-11-21-16(12-20-15)19(26)27/h1-3,6-7,11-12,14H,4-5,8-10H2,(H,22,24)(H,26,27). The summed E-state index contributed by atoms with van der Waals surface area (Å²) >= 11 is 0. The van der Waals surface area contributed by atoms with Crippen LogP contribution in [0.3, 0.4) is 0 Å². The Balaban J connectivity index is 1.66. The van der Waals surface area contributed by atoms with E-state index in [9.17, 15) is 14.4 Å². The Bertz CT molecular complexity index is 823. The van der Waals surface area contributed by atoms with Gasteiger partial charge in [0.2, 0.25) is 0 Å². The van der Waals surface area contributed by atoms with Crippen molar-refractivity contribution in [3.05, 3.63) is 59.7 Å². The smallest absolute Gasteiger partial charge is 0.356 e. The normalized spacial score (nSPS) is 16.6. The molecule has 3 rings (SSSR count). The molecule has 2 aromatic rings. The third-order valence-corrected chi connectivity index (χ3v) is 4.51. The van der Waals surface area contributed by atoms with Crippen LogP contribution in [0.25, 0.3) is 0 Å². The van der Waals surface area contributed by atoms with Gasteiger partial charge in [0.15, 0.2) is 5.69 Å². The van der Waals surface area contributed by atoms with Crippen LogP contribution in [-0.2, 0) is 0 Å². The molecule has 1 aromatic carbocycles. The van der Waals surface area contributed by atoms with Crippen molar-refractivity contribution in [2.45, 2.75) is 25.3 Å². The number of nitrogens with zero attached hydrogens (tertiary/aromatic N) is 3. The number of carboxylic acids is 1. The molecule has 1 aliphatic heterocycles. The SMILES string of the molecule is O=C(NCC1CCCCN1C(=O)c1cnc(C(=O)O)cn1)c1ccccc1. The van der Waals surface area contributed by atoms with Crippen LogP contribution in [0, 0.1) is 0 Å². The molecule has 1 aromatic heterocycles. The van der Waals surface area contributed by atoms with Crippen LogP contribution in [0.1, 0.15) is 50.6 Å². The molecule has 1 saturated heterocycles. The maximum Gasteiger partial charge on any atom is 0.356 e. The molecule has 8 heteroatoms. The zero-order valence-corrected chi connectivity index (χ0v) is 14.7. The number of carbonyl (C=O) groups excluding carboxylic acids is 2. The molecule has 0 aliphatic carbocycles. The number of piperidine rings is 1. The number of hydrogen-bond acceptors (Lipinski definition) is 5. The lowest BCUT2D eigenvalue weighted by Gasteiger charge is -2.35. The summed E-state index contributed by atoms with van der Waals surface area (Å²) in [5.41, 5.74) is 0.458. The van der Waals surface area contributed by atoms with Crippen LogP contribution in [-0.4, -0.2) is 56.9 Å². The second-order valence-electron chi connectivity index (χ2n) is 6.32. The Morgan fingerprint density at radius 3 is 2.44 bits per heavy atom. The van der Waals surface area contributed by atoms with E-state index in [4.69, 9.17) is 5.11 Å². The highest BCUT2D eigenvalue weighted by Crippen LogP contribution is 2.19. The van der Waals surface area contributed by atoms with Crippen molar-refractivity contribution < 1.29 is 19.5 Å². The van der Waals surface area contributed by atoms with Crippen LogP contribution in [0.5, 0.6) is 0 Å². The van der Waals surface area contributed by atoms with Gasteiger partial charge in [0.05, 0.1) is 12.4 Å². The second kappa shape index (κ2) is 8.39. The molecule has 27 heavy (non-hydrogen) atoms. The average molecular weight is 368 g/mol. The lowest BCUT2D eigenvalue weighted by Crippen LogP contribution is -2.49. The molecule has 1 aliphatic rings. The first-order valence-electron chi connectivity index (χ1n) is 8.76. The molecule has 2 N–H and O–H groups in total. The minimum absolute atomic E-state index is 0.0984. The number of likely N-dealkylation sites (tertiary alicyclic amines) is 1. The van der Waals surface area contributed by atoms with Crippen LogP contribution >= 0.6 is 0 Å². The van der Waals surface area contributed by atoms with E-state index >= 15 is 0 Å². The summed E-state index contributed by atoms with van der Waals surface area (Å²) in [6, 6.07) is 8.77. The summed E-state index contributed by atoms with van der Waals surface area (Å²) in [4.78, 5) is 45.2. The van der Waals surface area contributed by atoms with Gasteiger partial charge < -0.3 is 15.3 Å². The van der Waals surface area contributed by atoms with Crippen molar-refractivity contribution in [2.24, 2.45) is 0 Å². The van der Waals surface area contributed by atoms with Gasteiger partial charge in [-0.1, -0.05) is 18.2 Å². The zero-order chi connectivity index (χ0) is 19.2. The van der Waals surface area contributed by atoms with E-state index < -0.39 is 5.97 Å². The van der Waals surface area contributed by atoms with E-state index in [0.717, 1.165) is 25.5 Å². The molecule has 0 saturated carbocycles. The predicted octanol–water partition coefficient (Wildman–Crippen LogP) is 1.60. The van der Waals surface area contributed by atoms with Gasteiger partial charge in [-0.05, 0) is 31.4 Å². The molecule has 1 atom stereocenters. The highest BCUT2D eigenvalue weighted by atomic mass is 16.4. The summed E-state index contributed by atoms with van der Waals surface area (Å²) in [5.74, 6) is -1.68. The highest BCUT2D eigenvalue weighted by Gasteiger charge is 2.29. The Morgan fingerprint density at radius 2 is 1.78 bits per heavy atom. The van der Waals surface area contributed by atoms with Gasteiger partial charge in [0.25, 0.3) is 11.8 Å². The Labute approximate surface area is 156 Å². The zero-order valence-electron chi connectivity index (χ0n) is 14.7. The third-order valence-electron chi connectivity index (χ3n) is 4.51. The number of carboxylic acid groups (broad SMARTS) is 1. The van der Waals surface area contributed by atoms with E-state index in [2.05, 4.69) is 15.3 Å². The molecular formula is C19H20N4O4. The van der Waals surface area contributed by atoms with Gasteiger partial charge >= 0.3 is 5.97 Å². The van der Waals surface area contributed by atoms with Gasteiger partial charge in [-0.3, -0.25) is 9.59 Å². The Hall–Kier alpha value is -3.29. The molecule has 0 bridgehead atoms. The molecule has 2 amide bonds. The predicted molar refractivity (Wildman–Crippen MR) is 96.4 cm³/mol. The van der Waals surface area contributed by atoms with Crippen molar-refractivity contribution in [1.29, 1.82) is 0 Å². The third kappa shape index (κ3) is 4.46. The molecule has 1 fully saturated rings. The van der Waals surface area contributed by atoms with Gasteiger partial charge in [-0.2, -0.15) is 0 Å².